The third kappa shape index (κ3) is 3.80. The molecule has 0 aliphatic carbocycles. The van der Waals surface area contributed by atoms with Gasteiger partial charge in [0, 0.05) is 6.20 Å². The molecule has 12 heteroatoms. The van der Waals surface area contributed by atoms with E-state index in [0.29, 0.717) is 0 Å². The maximum absolute atomic E-state index is 15.1. The summed E-state index contributed by atoms with van der Waals surface area (Å²) in [5.41, 5.74) is -1.38. The summed E-state index contributed by atoms with van der Waals surface area (Å²) in [6, 6.07) is 6.39. The van der Waals surface area contributed by atoms with Gasteiger partial charge in [-0.05, 0) is 29.8 Å². The molecule has 2 aromatic carbocycles. The molecule has 4 aromatic rings. The minimum absolute atomic E-state index is 0.0666. The number of aromatic amines is 1. The molecule has 0 saturated heterocycles. The molecule has 4 rings (SSSR count). The first-order chi connectivity index (χ1) is 15.2. The van der Waals surface area contributed by atoms with E-state index in [1.165, 1.54) is 18.3 Å². The summed E-state index contributed by atoms with van der Waals surface area (Å²) in [6.45, 7) is -0.783. The van der Waals surface area contributed by atoms with Gasteiger partial charge in [-0.25, -0.2) is 31.6 Å². The van der Waals surface area contributed by atoms with Crippen LogP contribution >= 0.6 is 11.6 Å². The molecule has 0 bridgehead atoms. The van der Waals surface area contributed by atoms with Gasteiger partial charge in [0.25, 0.3) is 10.0 Å². The Morgan fingerprint density at radius 2 is 1.81 bits per heavy atom. The van der Waals surface area contributed by atoms with Gasteiger partial charge in [0.15, 0.2) is 5.82 Å². The van der Waals surface area contributed by atoms with Crippen LogP contribution in [0.3, 0.4) is 0 Å². The van der Waals surface area contributed by atoms with E-state index in [1.807, 2.05) is 4.72 Å². The number of hydrogen-bond donors (Lipinski definition) is 2. The zero-order valence-electron chi connectivity index (χ0n) is 15.9. The van der Waals surface area contributed by atoms with E-state index in [-0.39, 0.29) is 32.2 Å². The predicted molar refractivity (Wildman–Crippen MR) is 111 cm³/mol. The number of fused-ring (bicyclic) bond motifs is 1. The quantitative estimate of drug-likeness (QED) is 0.314. The Morgan fingerprint density at radius 1 is 1.09 bits per heavy atom. The number of carbonyl (C=O) groups is 1. The van der Waals surface area contributed by atoms with Gasteiger partial charge in [0.2, 0.25) is 5.78 Å². The van der Waals surface area contributed by atoms with Gasteiger partial charge in [0.05, 0.1) is 27.1 Å². The Balaban J connectivity index is 1.75. The Hall–Kier alpha value is -3.44. The molecule has 0 saturated carbocycles. The van der Waals surface area contributed by atoms with Crippen LogP contribution in [-0.4, -0.2) is 29.2 Å². The van der Waals surface area contributed by atoms with Gasteiger partial charge < -0.3 is 4.98 Å². The molecule has 32 heavy (non-hydrogen) atoms. The SMILES string of the molecule is O=C(c1c(F)ccc(NS(=O)(=O)c2ccc(CF)cc2)c1F)c1c[nH]c2ncnc(Cl)c12. The average molecular weight is 481 g/mol. The smallest absolute Gasteiger partial charge is 0.261 e. The van der Waals surface area contributed by atoms with Gasteiger partial charge >= 0.3 is 0 Å². The monoisotopic (exact) mass is 480 g/mol. The third-order valence-corrected chi connectivity index (χ3v) is 6.29. The van der Waals surface area contributed by atoms with Crippen molar-refractivity contribution in [1.29, 1.82) is 0 Å². The van der Waals surface area contributed by atoms with Crippen molar-refractivity contribution < 1.29 is 26.4 Å². The number of ketones is 1. The van der Waals surface area contributed by atoms with E-state index in [2.05, 4.69) is 15.0 Å². The predicted octanol–water partition coefficient (Wildman–Crippen LogP) is 4.39. The van der Waals surface area contributed by atoms with Crippen LogP contribution in [0.1, 0.15) is 21.5 Å². The number of aromatic nitrogens is 3. The highest BCUT2D eigenvalue weighted by atomic mass is 35.5. The van der Waals surface area contributed by atoms with Crippen LogP contribution < -0.4 is 4.72 Å². The van der Waals surface area contributed by atoms with Crippen LogP contribution in [0, 0.1) is 11.6 Å². The number of H-pyrrole nitrogens is 1. The lowest BCUT2D eigenvalue weighted by atomic mass is 10.0. The number of alkyl halides is 1. The molecule has 0 atom stereocenters. The average Bonchev–Trinajstić information content (AvgIpc) is 3.21. The second-order valence-corrected chi connectivity index (χ2v) is 8.63. The number of nitrogens with one attached hydrogen (secondary N) is 2. The fraction of sp³-hybridized carbons (Fsp3) is 0.0500. The minimum Gasteiger partial charge on any atom is -0.345 e. The van der Waals surface area contributed by atoms with Crippen LogP contribution in [0.5, 0.6) is 0 Å². The lowest BCUT2D eigenvalue weighted by molar-refractivity contribution is 0.103. The van der Waals surface area contributed by atoms with Gasteiger partial charge in [-0.3, -0.25) is 9.52 Å². The number of nitrogens with zero attached hydrogens (tertiary/aromatic N) is 2. The molecule has 0 radical (unpaired) electrons. The number of hydrogen-bond acceptors (Lipinski definition) is 5. The summed E-state index contributed by atoms with van der Waals surface area (Å²) >= 11 is 6.00. The highest BCUT2D eigenvalue weighted by Crippen LogP contribution is 2.30. The minimum atomic E-state index is -4.30. The topological polar surface area (TPSA) is 105 Å². The standard InChI is InChI=1S/C20H12ClF3N4O3S/c21-19-15-12(8-25-20(15)27-9-26-19)18(29)16-13(23)5-6-14(17(16)24)28-32(30,31)11-3-1-10(7-22)2-4-11/h1-6,8-9,28H,7H2,(H,25,26,27). The first-order valence-corrected chi connectivity index (χ1v) is 10.8. The molecule has 0 aliphatic heterocycles. The molecule has 0 fully saturated rings. The Morgan fingerprint density at radius 3 is 2.50 bits per heavy atom. The summed E-state index contributed by atoms with van der Waals surface area (Å²) < 4.78 is 69.4. The van der Waals surface area contributed by atoms with Crippen molar-refractivity contribution in [3.05, 3.63) is 82.4 Å². The molecule has 2 N–H and O–H groups in total. The summed E-state index contributed by atoms with van der Waals surface area (Å²) in [5.74, 6) is -3.71. The van der Waals surface area contributed by atoms with E-state index in [9.17, 15) is 22.0 Å². The highest BCUT2D eigenvalue weighted by molar-refractivity contribution is 7.92. The van der Waals surface area contributed by atoms with Crippen molar-refractivity contribution in [3.63, 3.8) is 0 Å². The molecular formula is C20H12ClF3N4O3S. The molecule has 164 valence electrons. The molecule has 2 heterocycles. The zero-order valence-corrected chi connectivity index (χ0v) is 17.4. The summed E-state index contributed by atoms with van der Waals surface area (Å²) in [4.78, 5) is 23.0. The second kappa shape index (κ2) is 8.24. The largest absolute Gasteiger partial charge is 0.345 e. The fourth-order valence-corrected chi connectivity index (χ4v) is 4.33. The summed E-state index contributed by atoms with van der Waals surface area (Å²) in [7, 11) is -4.30. The van der Waals surface area contributed by atoms with Crippen molar-refractivity contribution >= 4 is 44.1 Å². The molecule has 0 amide bonds. The fourth-order valence-electron chi connectivity index (χ4n) is 3.04. The van der Waals surface area contributed by atoms with E-state index in [4.69, 9.17) is 11.6 Å². The van der Waals surface area contributed by atoms with Crippen LogP contribution in [0.4, 0.5) is 18.9 Å². The van der Waals surface area contributed by atoms with Crippen LogP contribution in [0.15, 0.2) is 53.8 Å². The Kier molecular flexibility index (Phi) is 5.61. The molecular weight excluding hydrogens is 469 g/mol. The molecule has 7 nitrogen and oxygen atoms in total. The number of benzene rings is 2. The molecule has 0 aliphatic rings. The maximum Gasteiger partial charge on any atom is 0.261 e. The van der Waals surface area contributed by atoms with E-state index in [0.717, 1.165) is 30.6 Å². The first-order valence-electron chi connectivity index (χ1n) is 8.91. The van der Waals surface area contributed by atoms with Gasteiger partial charge in [-0.1, -0.05) is 23.7 Å². The number of anilines is 1. The van der Waals surface area contributed by atoms with Gasteiger partial charge in [-0.2, -0.15) is 0 Å². The number of halogens is 4. The lowest BCUT2D eigenvalue weighted by Gasteiger charge is -2.12. The maximum atomic E-state index is 15.1. The summed E-state index contributed by atoms with van der Waals surface area (Å²) in [5, 5.41) is -0.0362. The first kappa shape index (κ1) is 21.8. The van der Waals surface area contributed by atoms with E-state index in [1.54, 1.807) is 0 Å². The number of rotatable bonds is 6. The highest BCUT2D eigenvalue weighted by Gasteiger charge is 2.27. The van der Waals surface area contributed by atoms with E-state index >= 15 is 4.39 Å². The number of carbonyl (C=O) groups excluding carboxylic acids is 1. The normalized spacial score (nSPS) is 11.6. The van der Waals surface area contributed by atoms with Crippen molar-refractivity contribution in [2.24, 2.45) is 0 Å². The third-order valence-electron chi connectivity index (χ3n) is 4.62. The lowest BCUT2D eigenvalue weighted by Crippen LogP contribution is -2.16. The molecule has 2 aromatic heterocycles. The van der Waals surface area contributed by atoms with Crippen LogP contribution in [0.2, 0.25) is 5.15 Å². The van der Waals surface area contributed by atoms with Crippen molar-refractivity contribution in [3.8, 4) is 0 Å². The Bertz CT molecular complexity index is 1460. The van der Waals surface area contributed by atoms with Crippen LogP contribution in [-0.2, 0) is 16.7 Å². The van der Waals surface area contributed by atoms with Crippen molar-refractivity contribution in [1.82, 2.24) is 15.0 Å². The van der Waals surface area contributed by atoms with Gasteiger partial charge in [-0.15, -0.1) is 0 Å². The van der Waals surface area contributed by atoms with Crippen LogP contribution in [0.25, 0.3) is 11.0 Å². The van der Waals surface area contributed by atoms with Gasteiger partial charge in [0.1, 0.15) is 29.6 Å². The summed E-state index contributed by atoms with van der Waals surface area (Å²) in [6.07, 6.45) is 2.32. The molecule has 0 unspecified atom stereocenters. The zero-order chi connectivity index (χ0) is 23.0. The second-order valence-electron chi connectivity index (χ2n) is 6.59. The van der Waals surface area contributed by atoms with Crippen molar-refractivity contribution in [2.75, 3.05) is 4.72 Å². The molecule has 0 spiro atoms. The van der Waals surface area contributed by atoms with E-state index < -0.39 is 45.4 Å². The number of sulfonamides is 1. The Labute approximate surface area is 184 Å². The van der Waals surface area contributed by atoms with Crippen molar-refractivity contribution in [2.45, 2.75) is 11.6 Å².